The summed E-state index contributed by atoms with van der Waals surface area (Å²) < 4.78 is 12.8. The highest BCUT2D eigenvalue weighted by Gasteiger charge is 2.40. The molecule has 2 aliphatic heterocycles. The Morgan fingerprint density at radius 3 is 2.49 bits per heavy atom. The van der Waals surface area contributed by atoms with Crippen LogP contribution in [0.4, 0.5) is 17.2 Å². The Kier molecular flexibility index (Phi) is 5.29. The smallest absolute Gasteiger partial charge is 0.217 e. The van der Waals surface area contributed by atoms with E-state index in [1.807, 2.05) is 48.7 Å². The lowest BCUT2D eigenvalue weighted by atomic mass is 9.73. The van der Waals surface area contributed by atoms with Gasteiger partial charge in [0.05, 0.1) is 11.4 Å². The molecule has 0 amide bonds. The van der Waals surface area contributed by atoms with Gasteiger partial charge in [-0.2, -0.15) is 0 Å². The molecule has 5 nitrogen and oxygen atoms in total. The number of aliphatic imine (C=N–C) groups is 1. The molecule has 2 atom stereocenters. The molecule has 5 aromatic rings. The first-order chi connectivity index (χ1) is 20.1. The fourth-order valence-corrected chi connectivity index (χ4v) is 6.56. The van der Waals surface area contributed by atoms with Crippen molar-refractivity contribution in [2.75, 3.05) is 4.90 Å². The molecule has 41 heavy (non-hydrogen) atoms. The summed E-state index contributed by atoms with van der Waals surface area (Å²) in [5, 5.41) is 0. The second-order valence-corrected chi connectivity index (χ2v) is 11.4. The van der Waals surface area contributed by atoms with E-state index in [4.69, 9.17) is 19.5 Å². The summed E-state index contributed by atoms with van der Waals surface area (Å²) >= 11 is 0. The van der Waals surface area contributed by atoms with Gasteiger partial charge in [0.2, 0.25) is 5.90 Å². The van der Waals surface area contributed by atoms with E-state index in [2.05, 4.69) is 85.5 Å². The van der Waals surface area contributed by atoms with E-state index in [0.29, 0.717) is 5.90 Å². The molecule has 3 heterocycles. The number of rotatable bonds is 4. The van der Waals surface area contributed by atoms with Crippen molar-refractivity contribution >= 4 is 23.1 Å². The Balaban J connectivity index is 1.14. The Labute approximate surface area is 239 Å². The van der Waals surface area contributed by atoms with Crippen LogP contribution >= 0.6 is 0 Å². The Morgan fingerprint density at radius 1 is 0.780 bits per heavy atom. The number of hydrogen-bond acceptors (Lipinski definition) is 5. The first-order valence-corrected chi connectivity index (χ1v) is 14.1. The third-order valence-corrected chi connectivity index (χ3v) is 8.56. The summed E-state index contributed by atoms with van der Waals surface area (Å²) in [6.07, 6.45) is 2.80. The fraction of sp³-hybridized carbons (Fsp3) is 0.167. The van der Waals surface area contributed by atoms with Crippen LogP contribution < -0.4 is 9.64 Å². The maximum atomic E-state index is 6.48. The average molecular weight is 536 g/mol. The molecular weight excluding hydrogens is 506 g/mol. The van der Waals surface area contributed by atoms with Gasteiger partial charge >= 0.3 is 0 Å². The van der Waals surface area contributed by atoms with Gasteiger partial charge in [0.15, 0.2) is 0 Å². The van der Waals surface area contributed by atoms with Crippen LogP contribution in [-0.4, -0.2) is 17.0 Å². The van der Waals surface area contributed by atoms with Crippen LogP contribution in [0.3, 0.4) is 0 Å². The Bertz CT molecular complexity index is 1830. The Morgan fingerprint density at radius 2 is 1.59 bits per heavy atom. The highest BCUT2D eigenvalue weighted by atomic mass is 16.5. The summed E-state index contributed by atoms with van der Waals surface area (Å²) in [5.41, 5.74) is 8.05. The maximum absolute atomic E-state index is 6.48. The van der Waals surface area contributed by atoms with Crippen molar-refractivity contribution in [2.45, 2.75) is 37.8 Å². The van der Waals surface area contributed by atoms with Gasteiger partial charge in [-0.1, -0.05) is 74.5 Å². The lowest BCUT2D eigenvalue weighted by Gasteiger charge is -2.41. The number of pyridine rings is 1. The third-order valence-electron chi connectivity index (χ3n) is 8.56. The van der Waals surface area contributed by atoms with E-state index in [1.54, 1.807) is 0 Å². The van der Waals surface area contributed by atoms with Crippen LogP contribution in [0.15, 0.2) is 120 Å². The van der Waals surface area contributed by atoms with E-state index < -0.39 is 0 Å². The summed E-state index contributed by atoms with van der Waals surface area (Å²) in [4.78, 5) is 11.9. The number of nitrogens with zero attached hydrogens (tertiary/aromatic N) is 3. The van der Waals surface area contributed by atoms with Gasteiger partial charge < -0.3 is 9.47 Å². The van der Waals surface area contributed by atoms with Crippen molar-refractivity contribution in [3.05, 3.63) is 143 Å². The predicted molar refractivity (Wildman–Crippen MR) is 162 cm³/mol. The minimum Gasteiger partial charge on any atom is -0.471 e. The summed E-state index contributed by atoms with van der Waals surface area (Å²) in [7, 11) is 0. The molecule has 0 radical (unpaired) electrons. The third kappa shape index (κ3) is 3.84. The number of benzene rings is 4. The molecule has 1 aliphatic carbocycles. The molecule has 3 aliphatic rings. The van der Waals surface area contributed by atoms with Crippen LogP contribution in [0.5, 0.6) is 11.5 Å². The number of para-hydroxylation sites is 1. The van der Waals surface area contributed by atoms with Gasteiger partial charge in [0.25, 0.3) is 0 Å². The standard InChI is InChI=1S/C36H29N3O2/c1-36(2)28-14-5-6-15-30(28)39(33-16-7-8-19-37-33)31-22-26(17-18-29(31)36)40-25-12-9-11-24(20-25)35-38-34-27-13-4-3-10-23(27)21-32(34)41-35/h3-20,22,32,34H,21H2,1-2H3/t32-,34+/m0/s1. The van der Waals surface area contributed by atoms with Gasteiger partial charge in [-0.15, -0.1) is 0 Å². The molecule has 0 bridgehead atoms. The van der Waals surface area contributed by atoms with Crippen LogP contribution in [0, 0.1) is 0 Å². The zero-order valence-corrected chi connectivity index (χ0v) is 23.0. The highest BCUT2D eigenvalue weighted by Crippen LogP contribution is 2.52. The minimum atomic E-state index is -0.176. The molecule has 8 rings (SSSR count). The first-order valence-electron chi connectivity index (χ1n) is 14.1. The van der Waals surface area contributed by atoms with Crippen LogP contribution in [0.2, 0.25) is 0 Å². The molecule has 0 saturated carbocycles. The molecule has 0 unspecified atom stereocenters. The number of hydrogen-bond donors (Lipinski definition) is 0. The molecule has 0 fully saturated rings. The van der Waals surface area contributed by atoms with E-state index in [0.717, 1.165) is 40.7 Å². The van der Waals surface area contributed by atoms with E-state index in [1.165, 1.54) is 22.3 Å². The monoisotopic (exact) mass is 535 g/mol. The van der Waals surface area contributed by atoms with Crippen molar-refractivity contribution in [2.24, 2.45) is 4.99 Å². The van der Waals surface area contributed by atoms with Crippen molar-refractivity contribution < 1.29 is 9.47 Å². The molecule has 5 heteroatoms. The Hall–Kier alpha value is -4.90. The SMILES string of the molecule is CC1(C)c2ccccc2N(c2ccccn2)c2cc(Oc3cccc(C4=N[C@@H]5c6ccccc6C[C@@H]5O4)c3)ccc21. The van der Waals surface area contributed by atoms with Crippen molar-refractivity contribution in [1.29, 1.82) is 0 Å². The topological polar surface area (TPSA) is 47.0 Å². The number of aromatic nitrogens is 1. The normalized spacial score (nSPS) is 19.4. The second-order valence-electron chi connectivity index (χ2n) is 11.4. The summed E-state index contributed by atoms with van der Waals surface area (Å²) in [5.74, 6) is 3.06. The van der Waals surface area contributed by atoms with Gasteiger partial charge in [-0.05, 0) is 64.7 Å². The van der Waals surface area contributed by atoms with Crippen LogP contribution in [-0.2, 0) is 16.6 Å². The minimum absolute atomic E-state index is 0.0650. The molecule has 0 saturated heterocycles. The highest BCUT2D eigenvalue weighted by molar-refractivity contribution is 5.96. The quantitative estimate of drug-likeness (QED) is 0.232. The molecule has 0 spiro atoms. The zero-order valence-electron chi connectivity index (χ0n) is 23.0. The van der Waals surface area contributed by atoms with Gasteiger partial charge in [0.1, 0.15) is 29.5 Å². The molecule has 1 aromatic heterocycles. The number of ether oxygens (including phenoxy) is 2. The number of fused-ring (bicyclic) bond motifs is 5. The molecular formula is C36H29N3O2. The van der Waals surface area contributed by atoms with Crippen LogP contribution in [0.25, 0.3) is 0 Å². The second kappa shape index (κ2) is 9.07. The van der Waals surface area contributed by atoms with Gasteiger partial charge in [-0.3, -0.25) is 4.90 Å². The van der Waals surface area contributed by atoms with Crippen LogP contribution in [0.1, 0.15) is 47.7 Å². The lowest BCUT2D eigenvalue weighted by molar-refractivity contribution is 0.206. The van der Waals surface area contributed by atoms with Crippen molar-refractivity contribution in [3.8, 4) is 11.5 Å². The van der Waals surface area contributed by atoms with E-state index >= 15 is 0 Å². The van der Waals surface area contributed by atoms with Crippen molar-refractivity contribution in [1.82, 2.24) is 4.98 Å². The van der Waals surface area contributed by atoms with E-state index in [-0.39, 0.29) is 17.6 Å². The predicted octanol–water partition coefficient (Wildman–Crippen LogP) is 8.43. The average Bonchev–Trinajstić information content (AvgIpc) is 3.57. The van der Waals surface area contributed by atoms with E-state index in [9.17, 15) is 0 Å². The summed E-state index contributed by atoms with van der Waals surface area (Å²) in [6.45, 7) is 4.56. The lowest BCUT2D eigenvalue weighted by Crippen LogP contribution is -2.30. The summed E-state index contributed by atoms with van der Waals surface area (Å²) in [6, 6.07) is 37.6. The zero-order chi connectivity index (χ0) is 27.6. The van der Waals surface area contributed by atoms with Gasteiger partial charge in [-0.25, -0.2) is 9.98 Å². The maximum Gasteiger partial charge on any atom is 0.217 e. The molecule has 200 valence electrons. The molecule has 4 aromatic carbocycles. The number of anilines is 3. The van der Waals surface area contributed by atoms with Crippen molar-refractivity contribution in [3.63, 3.8) is 0 Å². The largest absolute Gasteiger partial charge is 0.471 e. The van der Waals surface area contributed by atoms with Gasteiger partial charge in [0, 0.05) is 29.7 Å². The fourth-order valence-electron chi connectivity index (χ4n) is 6.56. The molecule has 0 N–H and O–H groups in total. The first kappa shape index (κ1) is 23.9.